The Bertz CT molecular complexity index is 416. The van der Waals surface area contributed by atoms with Crippen molar-refractivity contribution in [3.63, 3.8) is 0 Å². The van der Waals surface area contributed by atoms with E-state index in [-0.39, 0.29) is 5.82 Å². The molecule has 0 bridgehead atoms. The van der Waals surface area contributed by atoms with Gasteiger partial charge in [0, 0.05) is 11.4 Å². The summed E-state index contributed by atoms with van der Waals surface area (Å²) in [5.41, 5.74) is -0.383. The van der Waals surface area contributed by atoms with Crippen LogP contribution in [-0.2, 0) is 6.42 Å². The number of aliphatic hydroxyl groups is 1. The minimum Gasteiger partial charge on any atom is -0.385 e. The van der Waals surface area contributed by atoms with Crippen molar-refractivity contribution in [2.24, 2.45) is 0 Å². The lowest BCUT2D eigenvalue weighted by molar-refractivity contribution is 0.0742. The van der Waals surface area contributed by atoms with Crippen molar-refractivity contribution >= 4 is 11.6 Å². The van der Waals surface area contributed by atoms with Gasteiger partial charge in [-0.25, -0.2) is 4.39 Å². The topological polar surface area (TPSA) is 20.2 Å². The van der Waals surface area contributed by atoms with Gasteiger partial charge in [0.1, 0.15) is 5.82 Å². The first-order valence-corrected chi connectivity index (χ1v) is 5.81. The molecule has 0 heterocycles. The van der Waals surface area contributed by atoms with Crippen LogP contribution in [0.2, 0.25) is 5.02 Å². The molecule has 0 saturated heterocycles. The summed E-state index contributed by atoms with van der Waals surface area (Å²) in [6, 6.07) is 4.57. The highest BCUT2D eigenvalue weighted by Gasteiger charge is 2.26. The maximum absolute atomic E-state index is 13.6. The molecule has 1 aromatic carbocycles. The quantitative estimate of drug-likeness (QED) is 0.785. The molecule has 0 spiro atoms. The minimum atomic E-state index is -0.896. The van der Waals surface area contributed by atoms with Crippen molar-refractivity contribution in [2.45, 2.75) is 31.3 Å². The fourth-order valence-electron chi connectivity index (χ4n) is 2.05. The molecule has 1 aliphatic rings. The molecule has 1 N–H and O–H groups in total. The summed E-state index contributed by atoms with van der Waals surface area (Å²) in [4.78, 5) is 0. The molecule has 86 valence electrons. The highest BCUT2D eigenvalue weighted by Crippen LogP contribution is 2.27. The SMILES string of the molecule is OC1(Cc2ccc(Cl)cc2F)C=CCCC1. The molecule has 16 heavy (non-hydrogen) atoms. The van der Waals surface area contributed by atoms with Crippen LogP contribution in [0.15, 0.2) is 30.4 Å². The van der Waals surface area contributed by atoms with Crippen LogP contribution in [0.4, 0.5) is 4.39 Å². The monoisotopic (exact) mass is 240 g/mol. The Labute approximate surface area is 99.6 Å². The highest BCUT2D eigenvalue weighted by molar-refractivity contribution is 6.30. The fraction of sp³-hybridized carbons (Fsp3) is 0.385. The van der Waals surface area contributed by atoms with Crippen molar-refractivity contribution in [1.29, 1.82) is 0 Å². The maximum Gasteiger partial charge on any atom is 0.127 e. The van der Waals surface area contributed by atoms with Crippen LogP contribution in [0, 0.1) is 5.82 Å². The third kappa shape index (κ3) is 2.63. The van der Waals surface area contributed by atoms with Gasteiger partial charge >= 0.3 is 0 Å². The van der Waals surface area contributed by atoms with Crippen LogP contribution in [0.1, 0.15) is 24.8 Å². The van der Waals surface area contributed by atoms with Gasteiger partial charge in [0.25, 0.3) is 0 Å². The van der Waals surface area contributed by atoms with Crippen LogP contribution in [0.3, 0.4) is 0 Å². The summed E-state index contributed by atoms with van der Waals surface area (Å²) in [6.45, 7) is 0. The fourth-order valence-corrected chi connectivity index (χ4v) is 2.21. The van der Waals surface area contributed by atoms with Crippen LogP contribution in [0.5, 0.6) is 0 Å². The number of benzene rings is 1. The molecule has 0 saturated carbocycles. The Morgan fingerprint density at radius 1 is 1.44 bits per heavy atom. The second-order valence-electron chi connectivity index (χ2n) is 4.31. The first-order valence-electron chi connectivity index (χ1n) is 5.43. The van der Waals surface area contributed by atoms with Crippen LogP contribution < -0.4 is 0 Å². The molecule has 1 unspecified atom stereocenters. The molecule has 0 amide bonds. The Morgan fingerprint density at radius 3 is 2.88 bits per heavy atom. The van der Waals surface area contributed by atoms with E-state index < -0.39 is 5.60 Å². The number of allylic oxidation sites excluding steroid dienone is 1. The zero-order valence-electron chi connectivity index (χ0n) is 8.92. The molecule has 0 aliphatic heterocycles. The Kier molecular flexibility index (Phi) is 3.31. The summed E-state index contributed by atoms with van der Waals surface area (Å²) in [5.74, 6) is -0.347. The molecule has 0 fully saturated rings. The van der Waals surface area contributed by atoms with Gasteiger partial charge in [-0.1, -0.05) is 29.8 Å². The summed E-state index contributed by atoms with van der Waals surface area (Å²) in [6.07, 6.45) is 6.67. The summed E-state index contributed by atoms with van der Waals surface area (Å²) in [7, 11) is 0. The molecular weight excluding hydrogens is 227 g/mol. The van der Waals surface area contributed by atoms with Gasteiger partial charge < -0.3 is 5.11 Å². The maximum atomic E-state index is 13.6. The van der Waals surface area contributed by atoms with Crippen molar-refractivity contribution < 1.29 is 9.50 Å². The van der Waals surface area contributed by atoms with Crippen LogP contribution in [-0.4, -0.2) is 10.7 Å². The Hall–Kier alpha value is -0.860. The summed E-state index contributed by atoms with van der Waals surface area (Å²) >= 11 is 5.68. The Balaban J connectivity index is 2.20. The zero-order valence-corrected chi connectivity index (χ0v) is 9.67. The molecule has 0 aromatic heterocycles. The van der Waals surface area contributed by atoms with E-state index in [4.69, 9.17) is 11.6 Å². The van der Waals surface area contributed by atoms with E-state index in [1.165, 1.54) is 6.07 Å². The number of hydrogen-bond donors (Lipinski definition) is 1. The molecular formula is C13H14ClFO. The smallest absolute Gasteiger partial charge is 0.127 e. The molecule has 1 atom stereocenters. The Morgan fingerprint density at radius 2 is 2.25 bits per heavy atom. The third-order valence-corrected chi connectivity index (χ3v) is 3.16. The first kappa shape index (κ1) is 11.6. The van der Waals surface area contributed by atoms with E-state index >= 15 is 0 Å². The van der Waals surface area contributed by atoms with E-state index in [9.17, 15) is 9.50 Å². The van der Waals surface area contributed by atoms with E-state index in [1.807, 2.05) is 6.08 Å². The second-order valence-corrected chi connectivity index (χ2v) is 4.75. The van der Waals surface area contributed by atoms with Crippen molar-refractivity contribution in [2.75, 3.05) is 0 Å². The van der Waals surface area contributed by atoms with E-state index in [2.05, 4.69) is 0 Å². The normalized spacial score (nSPS) is 24.7. The molecule has 1 aromatic rings. The van der Waals surface area contributed by atoms with Gasteiger partial charge in [-0.15, -0.1) is 0 Å². The molecule has 1 aliphatic carbocycles. The van der Waals surface area contributed by atoms with Crippen molar-refractivity contribution in [3.8, 4) is 0 Å². The van der Waals surface area contributed by atoms with E-state index in [0.29, 0.717) is 23.4 Å². The standard InChI is InChI=1S/C13H14ClFO/c14-11-5-4-10(12(15)8-11)9-13(16)6-2-1-3-7-13/h2,4-6,8,16H,1,3,7,9H2. The van der Waals surface area contributed by atoms with Gasteiger partial charge in [-0.2, -0.15) is 0 Å². The van der Waals surface area contributed by atoms with Crippen molar-refractivity contribution in [1.82, 2.24) is 0 Å². The third-order valence-electron chi connectivity index (χ3n) is 2.92. The first-order chi connectivity index (χ1) is 7.59. The van der Waals surface area contributed by atoms with Gasteiger partial charge in [0.2, 0.25) is 0 Å². The molecule has 3 heteroatoms. The minimum absolute atomic E-state index is 0.312. The molecule has 0 radical (unpaired) electrons. The largest absolute Gasteiger partial charge is 0.385 e. The van der Waals surface area contributed by atoms with Gasteiger partial charge in [0.05, 0.1) is 5.60 Å². The summed E-state index contributed by atoms with van der Waals surface area (Å²) < 4.78 is 13.6. The number of halogens is 2. The lowest BCUT2D eigenvalue weighted by Crippen LogP contribution is -2.30. The average molecular weight is 241 g/mol. The predicted molar refractivity (Wildman–Crippen MR) is 63.1 cm³/mol. The summed E-state index contributed by atoms with van der Waals surface area (Å²) in [5, 5.41) is 10.6. The lowest BCUT2D eigenvalue weighted by Gasteiger charge is -2.27. The van der Waals surface area contributed by atoms with Gasteiger partial charge in [0.15, 0.2) is 0 Å². The van der Waals surface area contributed by atoms with E-state index in [0.717, 1.165) is 12.8 Å². The second kappa shape index (κ2) is 4.56. The molecule has 1 nitrogen and oxygen atoms in total. The lowest BCUT2D eigenvalue weighted by atomic mass is 9.85. The number of rotatable bonds is 2. The van der Waals surface area contributed by atoms with Crippen LogP contribution in [0.25, 0.3) is 0 Å². The van der Waals surface area contributed by atoms with Gasteiger partial charge in [-0.05, 0) is 37.0 Å². The average Bonchev–Trinajstić information content (AvgIpc) is 2.23. The zero-order chi connectivity index (χ0) is 11.6. The number of hydrogen-bond acceptors (Lipinski definition) is 1. The van der Waals surface area contributed by atoms with Crippen LogP contribution >= 0.6 is 11.6 Å². The van der Waals surface area contributed by atoms with E-state index in [1.54, 1.807) is 18.2 Å². The molecule has 2 rings (SSSR count). The van der Waals surface area contributed by atoms with Gasteiger partial charge in [-0.3, -0.25) is 0 Å². The predicted octanol–water partition coefficient (Wildman–Crippen LogP) is 3.49. The highest BCUT2D eigenvalue weighted by atomic mass is 35.5. The van der Waals surface area contributed by atoms with Crippen molar-refractivity contribution in [3.05, 3.63) is 46.8 Å².